The van der Waals surface area contributed by atoms with Gasteiger partial charge in [-0.15, -0.1) is 12.4 Å². The molecule has 2 aromatic heterocycles. The molecule has 9 heteroatoms. The van der Waals surface area contributed by atoms with Crippen molar-refractivity contribution in [3.05, 3.63) is 55.0 Å². The van der Waals surface area contributed by atoms with Crippen molar-refractivity contribution in [1.82, 2.24) is 24.6 Å². The van der Waals surface area contributed by atoms with Crippen LogP contribution in [0.5, 0.6) is 11.5 Å². The Labute approximate surface area is 218 Å². The number of hydrogen-bond acceptors (Lipinski definition) is 7. The van der Waals surface area contributed by atoms with Crippen LogP contribution < -0.4 is 14.4 Å². The summed E-state index contributed by atoms with van der Waals surface area (Å²) in [4.78, 5) is 14.4. The van der Waals surface area contributed by atoms with Crippen molar-refractivity contribution < 1.29 is 9.47 Å². The van der Waals surface area contributed by atoms with E-state index in [4.69, 9.17) is 14.5 Å². The summed E-state index contributed by atoms with van der Waals surface area (Å²) in [7, 11) is 5.27. The molecule has 190 valence electrons. The van der Waals surface area contributed by atoms with Crippen LogP contribution in [0.15, 0.2) is 55.0 Å². The number of hydrogen-bond donors (Lipinski definition) is 0. The minimum Gasteiger partial charge on any atom is -0.497 e. The Balaban J connectivity index is 0.00000304. The molecule has 8 nitrogen and oxygen atoms in total. The molecule has 0 saturated carbocycles. The Bertz CT molecular complexity index is 1280. The Kier molecular flexibility index (Phi) is 8.28. The smallest absolute Gasteiger partial charge is 0.124 e. The van der Waals surface area contributed by atoms with Gasteiger partial charge in [0.2, 0.25) is 0 Å². The third kappa shape index (κ3) is 5.71. The maximum Gasteiger partial charge on any atom is 0.124 e. The van der Waals surface area contributed by atoms with Crippen molar-refractivity contribution in [2.75, 3.05) is 45.3 Å². The van der Waals surface area contributed by atoms with Crippen LogP contribution in [0.2, 0.25) is 0 Å². The summed E-state index contributed by atoms with van der Waals surface area (Å²) in [5.74, 6) is 1.53. The number of methoxy groups -OCH3 is 2. The zero-order chi connectivity index (χ0) is 24.2. The monoisotopic (exact) mass is 508 g/mol. The molecular weight excluding hydrogens is 476 g/mol. The molecule has 2 aromatic carbocycles. The molecule has 1 saturated heterocycles. The lowest BCUT2D eigenvalue weighted by molar-refractivity contribution is 0.336. The van der Waals surface area contributed by atoms with Gasteiger partial charge in [-0.25, -0.2) is 4.98 Å². The van der Waals surface area contributed by atoms with E-state index in [9.17, 15) is 0 Å². The van der Waals surface area contributed by atoms with Crippen LogP contribution in [0.1, 0.15) is 19.3 Å². The molecule has 0 bridgehead atoms. The molecule has 0 amide bonds. The molecule has 0 aliphatic carbocycles. The highest BCUT2D eigenvalue weighted by atomic mass is 35.5. The highest BCUT2D eigenvalue weighted by Gasteiger charge is 2.16. The van der Waals surface area contributed by atoms with Gasteiger partial charge in [0, 0.05) is 54.9 Å². The van der Waals surface area contributed by atoms with Crippen LogP contribution in [0.4, 0.5) is 11.4 Å². The predicted octanol–water partition coefficient (Wildman–Crippen LogP) is 5.09. The van der Waals surface area contributed by atoms with Crippen LogP contribution in [-0.2, 0) is 7.05 Å². The van der Waals surface area contributed by atoms with Gasteiger partial charge in [-0.05, 0) is 57.1 Å². The summed E-state index contributed by atoms with van der Waals surface area (Å²) in [6.45, 7) is 4.37. The second-order valence-electron chi connectivity index (χ2n) is 8.96. The van der Waals surface area contributed by atoms with E-state index in [0.29, 0.717) is 0 Å². The lowest BCUT2D eigenvalue weighted by Gasteiger charge is -2.27. The summed E-state index contributed by atoms with van der Waals surface area (Å²) in [6.07, 6.45) is 9.23. The van der Waals surface area contributed by atoms with Gasteiger partial charge in [-0.2, -0.15) is 5.10 Å². The molecule has 5 rings (SSSR count). The SMILES string of the molecule is COc1cc(OC)cc(N(CCCN2CCCC2)c2ccc3ncc(-c4cnn(C)c4)nc3c2)c1.Cl. The molecule has 3 heterocycles. The molecule has 0 radical (unpaired) electrons. The molecule has 1 aliphatic heterocycles. The third-order valence-corrected chi connectivity index (χ3v) is 6.54. The van der Waals surface area contributed by atoms with Crippen LogP contribution in [0, 0.1) is 0 Å². The topological polar surface area (TPSA) is 68.5 Å². The molecule has 36 heavy (non-hydrogen) atoms. The molecule has 0 unspecified atom stereocenters. The van der Waals surface area contributed by atoms with E-state index >= 15 is 0 Å². The molecule has 1 aliphatic rings. The lowest BCUT2D eigenvalue weighted by Crippen LogP contribution is -2.26. The first-order chi connectivity index (χ1) is 17.1. The zero-order valence-electron chi connectivity index (χ0n) is 21.1. The number of likely N-dealkylation sites (tertiary alicyclic amines) is 1. The van der Waals surface area contributed by atoms with Crippen molar-refractivity contribution in [2.24, 2.45) is 7.05 Å². The van der Waals surface area contributed by atoms with Gasteiger partial charge in [-0.1, -0.05) is 0 Å². The number of aryl methyl sites for hydroxylation is 1. The van der Waals surface area contributed by atoms with E-state index in [1.807, 2.05) is 31.6 Å². The average molecular weight is 509 g/mol. The second-order valence-corrected chi connectivity index (χ2v) is 8.96. The van der Waals surface area contributed by atoms with Crippen molar-refractivity contribution in [3.63, 3.8) is 0 Å². The van der Waals surface area contributed by atoms with Gasteiger partial charge < -0.3 is 19.3 Å². The van der Waals surface area contributed by atoms with Crippen LogP contribution in [-0.4, -0.2) is 65.0 Å². The van der Waals surface area contributed by atoms with Crippen molar-refractivity contribution in [1.29, 1.82) is 0 Å². The van der Waals surface area contributed by atoms with Crippen molar-refractivity contribution in [2.45, 2.75) is 19.3 Å². The molecule has 4 aromatic rings. The average Bonchev–Trinajstić information content (AvgIpc) is 3.57. The number of rotatable bonds is 9. The van der Waals surface area contributed by atoms with Gasteiger partial charge in [0.15, 0.2) is 0 Å². The zero-order valence-corrected chi connectivity index (χ0v) is 21.9. The summed E-state index contributed by atoms with van der Waals surface area (Å²) in [5, 5.41) is 4.27. The molecule has 0 atom stereocenters. The van der Waals surface area contributed by atoms with Crippen molar-refractivity contribution in [3.8, 4) is 22.8 Å². The largest absolute Gasteiger partial charge is 0.497 e. The first-order valence-electron chi connectivity index (χ1n) is 12.1. The van der Waals surface area contributed by atoms with Crippen LogP contribution in [0.3, 0.4) is 0 Å². The maximum absolute atomic E-state index is 5.56. The fraction of sp³-hybridized carbons (Fsp3) is 0.370. The van der Waals surface area contributed by atoms with E-state index in [1.54, 1.807) is 25.1 Å². The van der Waals surface area contributed by atoms with Crippen LogP contribution >= 0.6 is 12.4 Å². The number of halogens is 1. The van der Waals surface area contributed by atoms with E-state index < -0.39 is 0 Å². The predicted molar refractivity (Wildman–Crippen MR) is 146 cm³/mol. The number of ether oxygens (including phenoxy) is 2. The highest BCUT2D eigenvalue weighted by molar-refractivity contribution is 5.85. The van der Waals surface area contributed by atoms with Gasteiger partial charge in [0.25, 0.3) is 0 Å². The lowest BCUT2D eigenvalue weighted by atomic mass is 10.1. The quantitative estimate of drug-likeness (QED) is 0.312. The van der Waals surface area contributed by atoms with Gasteiger partial charge >= 0.3 is 0 Å². The number of aromatic nitrogens is 4. The summed E-state index contributed by atoms with van der Waals surface area (Å²) in [6, 6.07) is 12.3. The first-order valence-corrected chi connectivity index (χ1v) is 12.1. The van der Waals surface area contributed by atoms with E-state index in [2.05, 4.69) is 44.1 Å². The standard InChI is InChI=1S/C27H32N6O2.ClH/c1-31-19-20(17-29-31)27-18-28-25-8-7-21(15-26(25)30-27)33(12-6-11-32-9-4-5-10-32)22-13-23(34-2)16-24(14-22)35-3;/h7-8,13-19H,4-6,9-12H2,1-3H3;1H. The fourth-order valence-electron chi connectivity index (χ4n) is 4.67. The molecule has 1 fully saturated rings. The highest BCUT2D eigenvalue weighted by Crippen LogP contribution is 2.34. The van der Waals surface area contributed by atoms with Gasteiger partial charge in [0.05, 0.1) is 43.3 Å². The summed E-state index contributed by atoms with van der Waals surface area (Å²) >= 11 is 0. The number of nitrogens with zero attached hydrogens (tertiary/aromatic N) is 6. The Morgan fingerprint density at radius 2 is 1.67 bits per heavy atom. The summed E-state index contributed by atoms with van der Waals surface area (Å²) in [5.41, 5.74) is 5.56. The number of fused-ring (bicyclic) bond motifs is 1. The van der Waals surface area contributed by atoms with E-state index in [0.717, 1.165) is 64.7 Å². The minimum atomic E-state index is 0. The fourth-order valence-corrected chi connectivity index (χ4v) is 4.67. The molecule has 0 spiro atoms. The Morgan fingerprint density at radius 1 is 0.917 bits per heavy atom. The number of anilines is 2. The van der Waals surface area contributed by atoms with Crippen molar-refractivity contribution >= 4 is 34.8 Å². The van der Waals surface area contributed by atoms with Gasteiger partial charge in [-0.3, -0.25) is 9.67 Å². The van der Waals surface area contributed by atoms with E-state index in [-0.39, 0.29) is 12.4 Å². The van der Waals surface area contributed by atoms with E-state index in [1.165, 1.54) is 25.9 Å². The third-order valence-electron chi connectivity index (χ3n) is 6.54. The normalized spacial score (nSPS) is 13.5. The Morgan fingerprint density at radius 3 is 2.33 bits per heavy atom. The maximum atomic E-state index is 5.56. The second kappa shape index (κ2) is 11.6. The summed E-state index contributed by atoms with van der Waals surface area (Å²) < 4.78 is 12.9. The minimum absolute atomic E-state index is 0. The van der Waals surface area contributed by atoms with Crippen LogP contribution in [0.25, 0.3) is 22.3 Å². The molecule has 0 N–H and O–H groups in total. The molecular formula is C27H33ClN6O2. The first kappa shape index (κ1) is 25.7. The number of benzene rings is 2. The Hall–Kier alpha value is -3.36. The van der Waals surface area contributed by atoms with Gasteiger partial charge in [0.1, 0.15) is 11.5 Å².